The Bertz CT molecular complexity index is 319. The van der Waals surface area contributed by atoms with Crippen LogP contribution in [0.3, 0.4) is 0 Å². The average Bonchev–Trinajstić information content (AvgIpc) is 2.68. The van der Waals surface area contributed by atoms with Gasteiger partial charge in [-0.2, -0.15) is 0 Å². The number of hydrogen-bond donors (Lipinski definition) is 1. The molecule has 2 heterocycles. The highest BCUT2D eigenvalue weighted by Gasteiger charge is 2.29. The Balaban J connectivity index is 1.92. The number of rotatable bonds is 2. The normalized spacial score (nSPS) is 29.9. The van der Waals surface area contributed by atoms with Crippen molar-refractivity contribution in [1.29, 1.82) is 0 Å². The Labute approximate surface area is 102 Å². The van der Waals surface area contributed by atoms with Crippen LogP contribution in [0.15, 0.2) is 0 Å². The van der Waals surface area contributed by atoms with Crippen LogP contribution in [0, 0.1) is 0 Å². The summed E-state index contributed by atoms with van der Waals surface area (Å²) in [6, 6.07) is 0.556. The zero-order valence-corrected chi connectivity index (χ0v) is 10.6. The number of piperazine rings is 1. The van der Waals surface area contributed by atoms with Gasteiger partial charge in [0.05, 0.1) is 6.54 Å². The van der Waals surface area contributed by atoms with Gasteiger partial charge in [-0.05, 0) is 20.3 Å². The first kappa shape index (κ1) is 12.4. The van der Waals surface area contributed by atoms with E-state index < -0.39 is 0 Å². The summed E-state index contributed by atoms with van der Waals surface area (Å²) in [5.41, 5.74) is 0. The van der Waals surface area contributed by atoms with Crippen molar-refractivity contribution in [2.45, 2.75) is 38.8 Å². The summed E-state index contributed by atoms with van der Waals surface area (Å²) in [7, 11) is 0. The molecule has 0 spiro atoms. The minimum atomic E-state index is 0.0844. The Hall–Kier alpha value is -1.10. The van der Waals surface area contributed by atoms with Crippen molar-refractivity contribution in [3.05, 3.63) is 0 Å². The highest BCUT2D eigenvalue weighted by Crippen LogP contribution is 2.12. The zero-order valence-electron chi connectivity index (χ0n) is 10.6. The van der Waals surface area contributed by atoms with Gasteiger partial charge in [0.2, 0.25) is 11.8 Å². The first-order valence-electron chi connectivity index (χ1n) is 6.38. The van der Waals surface area contributed by atoms with Crippen molar-refractivity contribution in [2.75, 3.05) is 26.2 Å². The largest absolute Gasteiger partial charge is 0.336 e. The number of carbonyl (C=O) groups is 2. The quantitative estimate of drug-likeness (QED) is 0.727. The number of amides is 2. The molecule has 0 radical (unpaired) electrons. The summed E-state index contributed by atoms with van der Waals surface area (Å²) in [4.78, 5) is 27.2. The van der Waals surface area contributed by atoms with Gasteiger partial charge in [-0.25, -0.2) is 0 Å². The van der Waals surface area contributed by atoms with E-state index >= 15 is 0 Å². The van der Waals surface area contributed by atoms with Gasteiger partial charge in [0, 0.05) is 38.1 Å². The van der Waals surface area contributed by atoms with Gasteiger partial charge in [0.1, 0.15) is 0 Å². The Morgan fingerprint density at radius 1 is 1.47 bits per heavy atom. The van der Waals surface area contributed by atoms with E-state index in [4.69, 9.17) is 0 Å². The molecule has 0 aromatic carbocycles. The summed E-state index contributed by atoms with van der Waals surface area (Å²) < 4.78 is 0. The first-order valence-corrected chi connectivity index (χ1v) is 6.38. The van der Waals surface area contributed by atoms with E-state index in [1.54, 1.807) is 4.90 Å². The fourth-order valence-electron chi connectivity index (χ4n) is 2.49. The summed E-state index contributed by atoms with van der Waals surface area (Å²) in [5.74, 6) is 0.204. The predicted octanol–water partition coefficient (Wildman–Crippen LogP) is -0.182. The minimum Gasteiger partial charge on any atom is -0.336 e. The lowest BCUT2D eigenvalue weighted by Crippen LogP contribution is -2.58. The maximum atomic E-state index is 12.2. The minimum absolute atomic E-state index is 0.0844. The molecule has 5 nitrogen and oxygen atoms in total. The molecule has 96 valence electrons. The van der Waals surface area contributed by atoms with Crippen LogP contribution in [0.1, 0.15) is 26.7 Å². The fourth-order valence-corrected chi connectivity index (χ4v) is 2.49. The van der Waals surface area contributed by atoms with Gasteiger partial charge in [-0.3, -0.25) is 9.59 Å². The summed E-state index contributed by atoms with van der Waals surface area (Å²) in [5, 5.41) is 3.34. The molecular weight excluding hydrogens is 218 g/mol. The Morgan fingerprint density at radius 3 is 2.88 bits per heavy atom. The summed E-state index contributed by atoms with van der Waals surface area (Å²) in [6.45, 7) is 6.69. The third kappa shape index (κ3) is 2.77. The van der Waals surface area contributed by atoms with Crippen LogP contribution in [-0.4, -0.2) is 59.9 Å². The molecule has 0 aromatic rings. The lowest BCUT2D eigenvalue weighted by atomic mass is 10.1. The Kier molecular flexibility index (Phi) is 3.66. The number of hydrogen-bond acceptors (Lipinski definition) is 3. The molecule has 1 N–H and O–H groups in total. The zero-order chi connectivity index (χ0) is 12.4. The van der Waals surface area contributed by atoms with Crippen LogP contribution in [0.25, 0.3) is 0 Å². The number of nitrogens with one attached hydrogen (secondary N) is 1. The van der Waals surface area contributed by atoms with Crippen LogP contribution in [-0.2, 0) is 9.59 Å². The highest BCUT2D eigenvalue weighted by atomic mass is 16.2. The molecule has 2 saturated heterocycles. The van der Waals surface area contributed by atoms with Gasteiger partial charge in [-0.1, -0.05) is 0 Å². The van der Waals surface area contributed by atoms with E-state index in [0.29, 0.717) is 12.5 Å². The van der Waals surface area contributed by atoms with E-state index in [2.05, 4.69) is 12.2 Å². The molecule has 5 heteroatoms. The SMILES string of the molecule is CC1CN(C(=O)CN2CCCC2=O)C(C)CN1. The molecule has 2 fully saturated rings. The molecule has 2 rings (SSSR count). The molecular formula is C12H21N3O2. The van der Waals surface area contributed by atoms with Crippen molar-refractivity contribution >= 4 is 11.8 Å². The van der Waals surface area contributed by atoms with Crippen LogP contribution >= 0.6 is 0 Å². The standard InChI is InChI=1S/C12H21N3O2/c1-9-7-15(10(2)6-13-9)12(17)8-14-5-3-4-11(14)16/h9-10,13H,3-8H2,1-2H3. The van der Waals surface area contributed by atoms with Gasteiger partial charge in [-0.15, -0.1) is 0 Å². The number of likely N-dealkylation sites (tertiary alicyclic amines) is 1. The van der Waals surface area contributed by atoms with Gasteiger partial charge < -0.3 is 15.1 Å². The number of carbonyl (C=O) groups excluding carboxylic acids is 2. The van der Waals surface area contributed by atoms with Crippen LogP contribution < -0.4 is 5.32 Å². The molecule has 17 heavy (non-hydrogen) atoms. The molecule has 2 amide bonds. The maximum Gasteiger partial charge on any atom is 0.242 e. The van der Waals surface area contributed by atoms with Crippen LogP contribution in [0.4, 0.5) is 0 Å². The number of nitrogens with zero attached hydrogens (tertiary/aromatic N) is 2. The average molecular weight is 239 g/mol. The van der Waals surface area contributed by atoms with E-state index in [0.717, 1.165) is 26.1 Å². The predicted molar refractivity (Wildman–Crippen MR) is 64.5 cm³/mol. The Morgan fingerprint density at radius 2 is 2.24 bits per heavy atom. The van der Waals surface area contributed by atoms with E-state index in [9.17, 15) is 9.59 Å². The molecule has 2 unspecified atom stereocenters. The maximum absolute atomic E-state index is 12.2. The van der Waals surface area contributed by atoms with Crippen molar-refractivity contribution < 1.29 is 9.59 Å². The lowest BCUT2D eigenvalue weighted by Gasteiger charge is -2.38. The molecule has 0 aromatic heterocycles. The second-order valence-electron chi connectivity index (χ2n) is 5.12. The van der Waals surface area contributed by atoms with Crippen LogP contribution in [0.2, 0.25) is 0 Å². The van der Waals surface area contributed by atoms with Gasteiger partial charge >= 0.3 is 0 Å². The van der Waals surface area contributed by atoms with Crippen molar-refractivity contribution in [3.63, 3.8) is 0 Å². The second-order valence-corrected chi connectivity index (χ2v) is 5.12. The lowest BCUT2D eigenvalue weighted by molar-refractivity contribution is -0.140. The molecule has 0 aliphatic carbocycles. The van der Waals surface area contributed by atoms with Gasteiger partial charge in [0.25, 0.3) is 0 Å². The van der Waals surface area contributed by atoms with Crippen molar-refractivity contribution in [2.24, 2.45) is 0 Å². The molecule has 2 atom stereocenters. The molecule has 0 saturated carbocycles. The third-order valence-corrected chi connectivity index (χ3v) is 3.58. The van der Waals surface area contributed by atoms with Crippen LogP contribution in [0.5, 0.6) is 0 Å². The summed E-state index contributed by atoms with van der Waals surface area (Å²) >= 11 is 0. The van der Waals surface area contributed by atoms with E-state index in [1.807, 2.05) is 11.8 Å². The van der Waals surface area contributed by atoms with E-state index in [1.165, 1.54) is 0 Å². The first-order chi connectivity index (χ1) is 8.08. The molecule has 0 bridgehead atoms. The second kappa shape index (κ2) is 5.04. The smallest absolute Gasteiger partial charge is 0.242 e. The van der Waals surface area contributed by atoms with Crippen molar-refractivity contribution in [1.82, 2.24) is 15.1 Å². The summed E-state index contributed by atoms with van der Waals surface area (Å²) in [6.07, 6.45) is 1.49. The molecule has 2 aliphatic heterocycles. The third-order valence-electron chi connectivity index (χ3n) is 3.58. The van der Waals surface area contributed by atoms with Crippen molar-refractivity contribution in [3.8, 4) is 0 Å². The molecule has 2 aliphatic rings. The fraction of sp³-hybridized carbons (Fsp3) is 0.833. The van der Waals surface area contributed by atoms with E-state index in [-0.39, 0.29) is 24.4 Å². The monoisotopic (exact) mass is 239 g/mol. The van der Waals surface area contributed by atoms with Gasteiger partial charge in [0.15, 0.2) is 0 Å². The topological polar surface area (TPSA) is 52.7 Å². The highest BCUT2D eigenvalue weighted by molar-refractivity contribution is 5.86.